The third-order valence-corrected chi connectivity index (χ3v) is 3.01. The van der Waals surface area contributed by atoms with Crippen molar-refractivity contribution in [3.8, 4) is 0 Å². The van der Waals surface area contributed by atoms with E-state index in [-0.39, 0.29) is 12.5 Å². The van der Waals surface area contributed by atoms with Crippen LogP contribution in [-0.2, 0) is 11.3 Å². The van der Waals surface area contributed by atoms with Crippen LogP contribution in [0.2, 0.25) is 5.02 Å². The zero-order valence-electron chi connectivity index (χ0n) is 10.2. The lowest BCUT2D eigenvalue weighted by atomic mass is 10.1. The Bertz CT molecular complexity index is 381. The standard InChI is InChI=1S/C13H18ClNO2/c1-3-15(10(2)7-13(16)17)9-11-5-4-6-12(14)8-11/h4-6,8,10H,3,7,9H2,1-2H3,(H,16,17). The molecule has 0 bridgehead atoms. The molecule has 1 rings (SSSR count). The van der Waals surface area contributed by atoms with Crippen molar-refractivity contribution in [2.45, 2.75) is 32.9 Å². The van der Waals surface area contributed by atoms with Crippen LogP contribution in [0.4, 0.5) is 0 Å². The van der Waals surface area contributed by atoms with Gasteiger partial charge in [-0.15, -0.1) is 0 Å². The van der Waals surface area contributed by atoms with Gasteiger partial charge in [0.25, 0.3) is 0 Å². The lowest BCUT2D eigenvalue weighted by Gasteiger charge is -2.26. The molecule has 1 atom stereocenters. The van der Waals surface area contributed by atoms with Gasteiger partial charge >= 0.3 is 5.97 Å². The Morgan fingerprint density at radius 2 is 2.24 bits per heavy atom. The maximum Gasteiger partial charge on any atom is 0.304 e. The van der Waals surface area contributed by atoms with Crippen LogP contribution in [0.5, 0.6) is 0 Å². The van der Waals surface area contributed by atoms with Gasteiger partial charge in [-0.3, -0.25) is 9.69 Å². The molecule has 0 spiro atoms. The minimum atomic E-state index is -0.762. The minimum Gasteiger partial charge on any atom is -0.481 e. The molecule has 0 aliphatic heterocycles. The highest BCUT2D eigenvalue weighted by Crippen LogP contribution is 2.15. The van der Waals surface area contributed by atoms with Gasteiger partial charge in [0.05, 0.1) is 6.42 Å². The second-order valence-corrected chi connectivity index (χ2v) is 4.58. The van der Waals surface area contributed by atoms with Crippen molar-refractivity contribution in [1.82, 2.24) is 4.90 Å². The van der Waals surface area contributed by atoms with Crippen LogP contribution in [0.25, 0.3) is 0 Å². The number of hydrogen-bond donors (Lipinski definition) is 1. The number of benzene rings is 1. The highest BCUT2D eigenvalue weighted by molar-refractivity contribution is 6.30. The summed E-state index contributed by atoms with van der Waals surface area (Å²) < 4.78 is 0. The average Bonchev–Trinajstić information content (AvgIpc) is 2.24. The summed E-state index contributed by atoms with van der Waals surface area (Å²) in [6, 6.07) is 7.69. The molecule has 0 amide bonds. The maximum absolute atomic E-state index is 10.7. The molecule has 0 saturated heterocycles. The van der Waals surface area contributed by atoms with Crippen molar-refractivity contribution < 1.29 is 9.90 Å². The summed E-state index contributed by atoms with van der Waals surface area (Å²) >= 11 is 5.92. The van der Waals surface area contributed by atoms with Gasteiger partial charge in [-0.25, -0.2) is 0 Å². The van der Waals surface area contributed by atoms with Gasteiger partial charge in [0.2, 0.25) is 0 Å². The van der Waals surface area contributed by atoms with Crippen molar-refractivity contribution in [3.63, 3.8) is 0 Å². The fraction of sp³-hybridized carbons (Fsp3) is 0.462. The predicted molar refractivity (Wildman–Crippen MR) is 69.3 cm³/mol. The van der Waals surface area contributed by atoms with Crippen LogP contribution in [-0.4, -0.2) is 28.6 Å². The van der Waals surface area contributed by atoms with Crippen LogP contribution in [0.15, 0.2) is 24.3 Å². The van der Waals surface area contributed by atoms with Crippen LogP contribution in [0, 0.1) is 0 Å². The van der Waals surface area contributed by atoms with E-state index < -0.39 is 5.97 Å². The van der Waals surface area contributed by atoms with Crippen LogP contribution < -0.4 is 0 Å². The molecule has 0 heterocycles. The second-order valence-electron chi connectivity index (χ2n) is 4.14. The molecule has 4 heteroatoms. The molecule has 0 saturated carbocycles. The Labute approximate surface area is 107 Å². The number of carbonyl (C=O) groups is 1. The number of aliphatic carboxylic acids is 1. The lowest BCUT2D eigenvalue weighted by Crippen LogP contribution is -2.34. The van der Waals surface area contributed by atoms with E-state index in [1.165, 1.54) is 0 Å². The first-order valence-electron chi connectivity index (χ1n) is 5.73. The van der Waals surface area contributed by atoms with Gasteiger partial charge in [0.1, 0.15) is 0 Å². The zero-order valence-corrected chi connectivity index (χ0v) is 10.9. The first kappa shape index (κ1) is 14.0. The van der Waals surface area contributed by atoms with Crippen molar-refractivity contribution in [3.05, 3.63) is 34.9 Å². The SMILES string of the molecule is CCN(Cc1cccc(Cl)c1)C(C)CC(=O)O. The number of halogens is 1. The minimum absolute atomic E-state index is 0.0245. The molecule has 17 heavy (non-hydrogen) atoms. The molecule has 0 fully saturated rings. The number of hydrogen-bond acceptors (Lipinski definition) is 2. The van der Waals surface area contributed by atoms with E-state index in [4.69, 9.17) is 16.7 Å². The molecule has 1 N–H and O–H groups in total. The fourth-order valence-corrected chi connectivity index (χ4v) is 2.04. The summed E-state index contributed by atoms with van der Waals surface area (Å²) in [5, 5.41) is 9.50. The highest BCUT2D eigenvalue weighted by atomic mass is 35.5. The van der Waals surface area contributed by atoms with E-state index >= 15 is 0 Å². The van der Waals surface area contributed by atoms with E-state index in [0.29, 0.717) is 5.02 Å². The normalized spacial score (nSPS) is 12.7. The topological polar surface area (TPSA) is 40.5 Å². The van der Waals surface area contributed by atoms with Crippen molar-refractivity contribution in [1.29, 1.82) is 0 Å². The Morgan fingerprint density at radius 3 is 2.76 bits per heavy atom. The molecule has 0 aliphatic rings. The first-order chi connectivity index (χ1) is 8.02. The summed E-state index contributed by atoms with van der Waals surface area (Å²) in [5.41, 5.74) is 1.11. The number of nitrogens with zero attached hydrogens (tertiary/aromatic N) is 1. The predicted octanol–water partition coefficient (Wildman–Crippen LogP) is 3.03. The molecule has 0 aliphatic carbocycles. The van der Waals surface area contributed by atoms with Crippen molar-refractivity contribution in [2.24, 2.45) is 0 Å². The van der Waals surface area contributed by atoms with Crippen LogP contribution >= 0.6 is 11.6 Å². The Morgan fingerprint density at radius 1 is 1.53 bits per heavy atom. The third kappa shape index (κ3) is 4.75. The quantitative estimate of drug-likeness (QED) is 0.850. The van der Waals surface area contributed by atoms with E-state index in [2.05, 4.69) is 4.90 Å². The number of rotatable bonds is 6. The molecule has 1 unspecified atom stereocenters. The highest BCUT2D eigenvalue weighted by Gasteiger charge is 2.15. The Hall–Kier alpha value is -1.06. The van der Waals surface area contributed by atoms with Gasteiger partial charge in [0.15, 0.2) is 0 Å². The largest absolute Gasteiger partial charge is 0.481 e. The fourth-order valence-electron chi connectivity index (χ4n) is 1.83. The van der Waals surface area contributed by atoms with E-state index in [1.807, 2.05) is 38.1 Å². The summed E-state index contributed by atoms with van der Waals surface area (Å²) in [7, 11) is 0. The van der Waals surface area contributed by atoms with Gasteiger partial charge < -0.3 is 5.11 Å². The van der Waals surface area contributed by atoms with Gasteiger partial charge in [0, 0.05) is 17.6 Å². The summed E-state index contributed by atoms with van der Waals surface area (Å²) in [5.74, 6) is -0.762. The smallest absolute Gasteiger partial charge is 0.304 e. The molecule has 0 aromatic heterocycles. The molecule has 94 valence electrons. The molecule has 3 nitrogen and oxygen atoms in total. The summed E-state index contributed by atoms with van der Waals surface area (Å²) in [6.07, 6.45) is 0.161. The first-order valence-corrected chi connectivity index (χ1v) is 6.11. The Kier molecular flexibility index (Phi) is 5.45. The van der Waals surface area contributed by atoms with Crippen molar-refractivity contribution >= 4 is 17.6 Å². The molecule has 1 aromatic rings. The number of carboxylic acid groups (broad SMARTS) is 1. The number of carboxylic acids is 1. The van der Waals surface area contributed by atoms with Gasteiger partial charge in [-0.2, -0.15) is 0 Å². The second kappa shape index (κ2) is 6.62. The lowest BCUT2D eigenvalue weighted by molar-refractivity contribution is -0.138. The maximum atomic E-state index is 10.7. The van der Waals surface area contributed by atoms with E-state index in [9.17, 15) is 4.79 Å². The van der Waals surface area contributed by atoms with E-state index in [1.54, 1.807) is 0 Å². The molecule has 1 aromatic carbocycles. The average molecular weight is 256 g/mol. The molecule has 0 radical (unpaired) electrons. The monoisotopic (exact) mass is 255 g/mol. The Balaban J connectivity index is 2.66. The van der Waals surface area contributed by atoms with Gasteiger partial charge in [-0.05, 0) is 31.2 Å². The summed E-state index contributed by atoms with van der Waals surface area (Å²) in [6.45, 7) is 5.51. The zero-order chi connectivity index (χ0) is 12.8. The summed E-state index contributed by atoms with van der Waals surface area (Å²) in [4.78, 5) is 12.8. The van der Waals surface area contributed by atoms with Gasteiger partial charge in [-0.1, -0.05) is 30.7 Å². The molecular weight excluding hydrogens is 238 g/mol. The third-order valence-electron chi connectivity index (χ3n) is 2.77. The molecular formula is C13H18ClNO2. The van der Waals surface area contributed by atoms with Crippen LogP contribution in [0.1, 0.15) is 25.8 Å². The van der Waals surface area contributed by atoms with E-state index in [0.717, 1.165) is 18.7 Å². The van der Waals surface area contributed by atoms with Crippen molar-refractivity contribution in [2.75, 3.05) is 6.54 Å². The van der Waals surface area contributed by atoms with Crippen LogP contribution in [0.3, 0.4) is 0 Å².